The van der Waals surface area contributed by atoms with Gasteiger partial charge in [0.25, 0.3) is 0 Å². The Morgan fingerprint density at radius 2 is 1.90 bits per heavy atom. The second kappa shape index (κ2) is 6.00. The van der Waals surface area contributed by atoms with Crippen molar-refractivity contribution in [3.8, 4) is 11.6 Å². The summed E-state index contributed by atoms with van der Waals surface area (Å²) in [7, 11) is 0. The molecule has 0 unspecified atom stereocenters. The number of pyridine rings is 1. The molecule has 0 aliphatic heterocycles. The Bertz CT molecular complexity index is 809. The predicted octanol–water partition coefficient (Wildman–Crippen LogP) is 5.67. The van der Waals surface area contributed by atoms with Gasteiger partial charge < -0.3 is 4.74 Å². The Kier molecular flexibility index (Phi) is 4.08. The summed E-state index contributed by atoms with van der Waals surface area (Å²) in [6, 6.07) is 12.3. The molecule has 0 fully saturated rings. The van der Waals surface area contributed by atoms with Crippen LogP contribution in [0.25, 0.3) is 10.8 Å². The summed E-state index contributed by atoms with van der Waals surface area (Å²) in [6.45, 7) is 0. The van der Waals surface area contributed by atoms with Crippen molar-refractivity contribution >= 4 is 38.3 Å². The lowest BCUT2D eigenvalue weighted by Crippen LogP contribution is -1.93. The van der Waals surface area contributed by atoms with Crippen LogP contribution in [0.15, 0.2) is 53.1 Å². The first-order valence-electron chi connectivity index (χ1n) is 6.24. The third-order valence-corrected chi connectivity index (χ3v) is 4.02. The Morgan fingerprint density at radius 1 is 1.14 bits per heavy atom. The SMILES string of the molecule is Fc1cc(Oc2ncc(CCl)c3ccccc23)ccc1Br. The van der Waals surface area contributed by atoms with E-state index >= 15 is 0 Å². The van der Waals surface area contributed by atoms with Crippen molar-refractivity contribution in [1.29, 1.82) is 0 Å². The number of ether oxygens (including phenoxy) is 1. The Hall–Kier alpha value is -1.65. The van der Waals surface area contributed by atoms with E-state index in [-0.39, 0.29) is 5.82 Å². The van der Waals surface area contributed by atoms with Crippen LogP contribution in [0.5, 0.6) is 11.6 Å². The number of aromatic nitrogens is 1. The average molecular weight is 367 g/mol. The molecular formula is C16H10BrClFNO. The highest BCUT2D eigenvalue weighted by Gasteiger charge is 2.09. The molecule has 5 heteroatoms. The van der Waals surface area contributed by atoms with Crippen LogP contribution in [0.1, 0.15) is 5.56 Å². The molecule has 0 amide bonds. The van der Waals surface area contributed by atoms with E-state index in [1.807, 2.05) is 24.3 Å². The van der Waals surface area contributed by atoms with Gasteiger partial charge in [0, 0.05) is 23.5 Å². The molecule has 0 bridgehead atoms. The Balaban J connectivity index is 2.06. The quantitative estimate of drug-likeness (QED) is 0.557. The maximum absolute atomic E-state index is 13.5. The minimum atomic E-state index is -0.380. The van der Waals surface area contributed by atoms with E-state index in [1.54, 1.807) is 18.3 Å². The van der Waals surface area contributed by atoms with E-state index in [0.717, 1.165) is 16.3 Å². The van der Waals surface area contributed by atoms with Crippen LogP contribution in [0.3, 0.4) is 0 Å². The highest BCUT2D eigenvalue weighted by Crippen LogP contribution is 2.31. The van der Waals surface area contributed by atoms with E-state index in [1.165, 1.54) is 6.07 Å². The van der Waals surface area contributed by atoms with Crippen molar-refractivity contribution in [3.63, 3.8) is 0 Å². The number of benzene rings is 2. The van der Waals surface area contributed by atoms with Crippen LogP contribution in [-0.4, -0.2) is 4.98 Å². The standard InChI is InChI=1S/C16H10BrClFNO/c17-14-6-5-11(7-15(14)19)21-16-13-4-2-1-3-12(13)10(8-18)9-20-16/h1-7,9H,8H2. The van der Waals surface area contributed by atoms with Gasteiger partial charge in [0.05, 0.1) is 4.47 Å². The molecule has 0 aliphatic rings. The molecular weight excluding hydrogens is 357 g/mol. The largest absolute Gasteiger partial charge is 0.438 e. The lowest BCUT2D eigenvalue weighted by Gasteiger charge is -2.10. The first kappa shape index (κ1) is 14.3. The topological polar surface area (TPSA) is 22.1 Å². The maximum Gasteiger partial charge on any atom is 0.227 e. The van der Waals surface area contributed by atoms with Gasteiger partial charge in [-0.25, -0.2) is 9.37 Å². The second-order valence-electron chi connectivity index (χ2n) is 4.45. The lowest BCUT2D eigenvalue weighted by molar-refractivity contribution is 0.463. The van der Waals surface area contributed by atoms with Crippen LogP contribution < -0.4 is 4.74 Å². The van der Waals surface area contributed by atoms with Gasteiger partial charge in [0.1, 0.15) is 11.6 Å². The van der Waals surface area contributed by atoms with Gasteiger partial charge in [-0.2, -0.15) is 0 Å². The molecule has 0 spiro atoms. The van der Waals surface area contributed by atoms with Gasteiger partial charge in [-0.1, -0.05) is 18.2 Å². The van der Waals surface area contributed by atoms with Crippen molar-refractivity contribution in [2.75, 3.05) is 0 Å². The number of hydrogen-bond donors (Lipinski definition) is 0. The summed E-state index contributed by atoms with van der Waals surface area (Å²) in [5.74, 6) is 0.822. The highest BCUT2D eigenvalue weighted by molar-refractivity contribution is 9.10. The molecule has 0 radical (unpaired) electrons. The number of rotatable bonds is 3. The zero-order valence-corrected chi connectivity index (χ0v) is 13.2. The van der Waals surface area contributed by atoms with Gasteiger partial charge in [0.2, 0.25) is 5.88 Å². The minimum absolute atomic E-state index is 0.376. The van der Waals surface area contributed by atoms with Crippen LogP contribution in [0.2, 0.25) is 0 Å². The van der Waals surface area contributed by atoms with E-state index in [0.29, 0.717) is 22.0 Å². The average Bonchev–Trinajstić information content (AvgIpc) is 2.51. The molecule has 0 saturated heterocycles. The fraction of sp³-hybridized carbons (Fsp3) is 0.0625. The molecule has 0 saturated carbocycles. The van der Waals surface area contributed by atoms with E-state index in [4.69, 9.17) is 16.3 Å². The monoisotopic (exact) mass is 365 g/mol. The fourth-order valence-corrected chi connectivity index (χ4v) is 2.52. The van der Waals surface area contributed by atoms with Crippen molar-refractivity contribution < 1.29 is 9.13 Å². The van der Waals surface area contributed by atoms with Crippen LogP contribution >= 0.6 is 27.5 Å². The third kappa shape index (κ3) is 2.87. The van der Waals surface area contributed by atoms with Crippen molar-refractivity contribution in [2.45, 2.75) is 5.88 Å². The first-order chi connectivity index (χ1) is 10.2. The molecule has 3 aromatic rings. The molecule has 3 rings (SSSR count). The van der Waals surface area contributed by atoms with E-state index in [9.17, 15) is 4.39 Å². The van der Waals surface area contributed by atoms with Crippen molar-refractivity contribution in [2.24, 2.45) is 0 Å². The molecule has 2 nitrogen and oxygen atoms in total. The predicted molar refractivity (Wildman–Crippen MR) is 85.5 cm³/mol. The molecule has 0 atom stereocenters. The number of hydrogen-bond acceptors (Lipinski definition) is 2. The summed E-state index contributed by atoms with van der Waals surface area (Å²) < 4.78 is 19.7. The van der Waals surface area contributed by atoms with Gasteiger partial charge in [-0.3, -0.25) is 0 Å². The molecule has 0 aliphatic carbocycles. The zero-order valence-electron chi connectivity index (χ0n) is 10.8. The van der Waals surface area contributed by atoms with Gasteiger partial charge in [-0.05, 0) is 45.1 Å². The smallest absolute Gasteiger partial charge is 0.227 e. The number of alkyl halides is 1. The van der Waals surface area contributed by atoms with Crippen LogP contribution in [0.4, 0.5) is 4.39 Å². The normalized spacial score (nSPS) is 10.8. The molecule has 2 aromatic carbocycles. The lowest BCUT2D eigenvalue weighted by atomic mass is 10.1. The van der Waals surface area contributed by atoms with Crippen LogP contribution in [0, 0.1) is 5.82 Å². The number of nitrogens with zero attached hydrogens (tertiary/aromatic N) is 1. The summed E-state index contributed by atoms with van der Waals surface area (Å²) >= 11 is 9.03. The number of halogens is 3. The minimum Gasteiger partial charge on any atom is -0.438 e. The van der Waals surface area contributed by atoms with Gasteiger partial charge in [0.15, 0.2) is 0 Å². The second-order valence-corrected chi connectivity index (χ2v) is 5.57. The highest BCUT2D eigenvalue weighted by atomic mass is 79.9. The van der Waals surface area contributed by atoms with Crippen LogP contribution in [-0.2, 0) is 5.88 Å². The summed E-state index contributed by atoms with van der Waals surface area (Å²) in [5, 5.41) is 1.83. The molecule has 1 heterocycles. The molecule has 1 aromatic heterocycles. The molecule has 106 valence electrons. The Labute approximate surface area is 134 Å². The van der Waals surface area contributed by atoms with E-state index in [2.05, 4.69) is 20.9 Å². The van der Waals surface area contributed by atoms with Crippen molar-refractivity contribution in [1.82, 2.24) is 4.98 Å². The summed E-state index contributed by atoms with van der Waals surface area (Å²) in [4.78, 5) is 4.28. The maximum atomic E-state index is 13.5. The van der Waals surface area contributed by atoms with Crippen molar-refractivity contribution in [3.05, 3.63) is 64.5 Å². The fourth-order valence-electron chi connectivity index (χ4n) is 2.07. The summed E-state index contributed by atoms with van der Waals surface area (Å²) in [6.07, 6.45) is 1.68. The van der Waals surface area contributed by atoms with Gasteiger partial charge in [-0.15, -0.1) is 11.6 Å². The summed E-state index contributed by atoms with van der Waals surface area (Å²) in [5.41, 5.74) is 0.932. The molecule has 0 N–H and O–H groups in total. The van der Waals surface area contributed by atoms with E-state index < -0.39 is 0 Å². The van der Waals surface area contributed by atoms with Gasteiger partial charge >= 0.3 is 0 Å². The Morgan fingerprint density at radius 3 is 2.62 bits per heavy atom. The first-order valence-corrected chi connectivity index (χ1v) is 7.57. The third-order valence-electron chi connectivity index (χ3n) is 3.09. The molecule has 21 heavy (non-hydrogen) atoms. The zero-order chi connectivity index (χ0) is 14.8. The number of fused-ring (bicyclic) bond motifs is 1.